The molecule has 1 nitrogen and oxygen atoms in total. The third-order valence-corrected chi connectivity index (χ3v) is 1.88. The Morgan fingerprint density at radius 3 is 2.62 bits per heavy atom. The molecule has 0 heterocycles. The first kappa shape index (κ1) is 9.96. The van der Waals surface area contributed by atoms with Crippen molar-refractivity contribution in [3.05, 3.63) is 29.3 Å². The number of anilines is 1. The summed E-state index contributed by atoms with van der Waals surface area (Å²) in [5.74, 6) is 0. The zero-order valence-corrected chi connectivity index (χ0v) is 7.77. The van der Waals surface area contributed by atoms with Crippen molar-refractivity contribution in [3.8, 4) is 0 Å². The molecule has 0 saturated heterocycles. The third kappa shape index (κ3) is 2.41. The number of benzene rings is 1. The summed E-state index contributed by atoms with van der Waals surface area (Å²) < 4.78 is 24.6. The molecule has 0 unspecified atom stereocenters. The van der Waals surface area contributed by atoms with Crippen LogP contribution in [0, 0.1) is 6.92 Å². The Morgan fingerprint density at radius 1 is 1.38 bits per heavy atom. The minimum Gasteiger partial charge on any atom is -0.385 e. The SMILES string of the molecule is CCNc1cc(C(F)F)ccc1C. The first-order chi connectivity index (χ1) is 6.15. The molecule has 3 heteroatoms. The number of halogens is 2. The van der Waals surface area contributed by atoms with E-state index in [1.54, 1.807) is 6.07 Å². The molecule has 1 rings (SSSR count). The van der Waals surface area contributed by atoms with Crippen molar-refractivity contribution in [3.63, 3.8) is 0 Å². The molecule has 1 aromatic rings. The molecular weight excluding hydrogens is 172 g/mol. The van der Waals surface area contributed by atoms with Crippen molar-refractivity contribution in [1.29, 1.82) is 0 Å². The van der Waals surface area contributed by atoms with Crippen molar-refractivity contribution in [1.82, 2.24) is 0 Å². The molecule has 72 valence electrons. The number of aryl methyl sites for hydroxylation is 1. The van der Waals surface area contributed by atoms with Gasteiger partial charge in [-0.25, -0.2) is 8.78 Å². The van der Waals surface area contributed by atoms with Crippen molar-refractivity contribution in [2.24, 2.45) is 0 Å². The minimum absolute atomic E-state index is 0.0709. The van der Waals surface area contributed by atoms with E-state index in [0.29, 0.717) is 0 Å². The van der Waals surface area contributed by atoms with Gasteiger partial charge in [-0.05, 0) is 25.5 Å². The van der Waals surface area contributed by atoms with E-state index >= 15 is 0 Å². The van der Waals surface area contributed by atoms with Gasteiger partial charge in [0.15, 0.2) is 0 Å². The maximum Gasteiger partial charge on any atom is 0.263 e. The van der Waals surface area contributed by atoms with E-state index in [1.165, 1.54) is 12.1 Å². The van der Waals surface area contributed by atoms with Crippen LogP contribution >= 0.6 is 0 Å². The second kappa shape index (κ2) is 4.21. The predicted octanol–water partition coefficient (Wildman–Crippen LogP) is 3.36. The summed E-state index contributed by atoms with van der Waals surface area (Å²) in [6, 6.07) is 4.67. The minimum atomic E-state index is -2.39. The van der Waals surface area contributed by atoms with E-state index in [9.17, 15) is 8.78 Å². The van der Waals surface area contributed by atoms with Crippen molar-refractivity contribution in [2.75, 3.05) is 11.9 Å². The highest BCUT2D eigenvalue weighted by Crippen LogP contribution is 2.24. The molecule has 0 saturated carbocycles. The number of hydrogen-bond donors (Lipinski definition) is 1. The van der Waals surface area contributed by atoms with E-state index in [2.05, 4.69) is 5.32 Å². The predicted molar refractivity (Wildman–Crippen MR) is 50.3 cm³/mol. The lowest BCUT2D eigenvalue weighted by molar-refractivity contribution is 0.151. The Labute approximate surface area is 76.8 Å². The number of alkyl halides is 2. The average molecular weight is 185 g/mol. The summed E-state index contributed by atoms with van der Waals surface area (Å²) in [6.07, 6.45) is -2.39. The van der Waals surface area contributed by atoms with Crippen molar-refractivity contribution >= 4 is 5.69 Å². The molecule has 0 amide bonds. The largest absolute Gasteiger partial charge is 0.385 e. The van der Waals surface area contributed by atoms with Crippen LogP contribution in [0.15, 0.2) is 18.2 Å². The monoisotopic (exact) mass is 185 g/mol. The number of rotatable bonds is 3. The molecule has 1 N–H and O–H groups in total. The zero-order chi connectivity index (χ0) is 9.84. The second-order valence-corrected chi connectivity index (χ2v) is 2.91. The quantitative estimate of drug-likeness (QED) is 0.761. The van der Waals surface area contributed by atoms with Crippen molar-refractivity contribution < 1.29 is 8.78 Å². The van der Waals surface area contributed by atoms with Gasteiger partial charge in [0.2, 0.25) is 0 Å². The molecule has 0 aliphatic rings. The Hall–Kier alpha value is -1.12. The normalized spacial score (nSPS) is 10.5. The van der Waals surface area contributed by atoms with Gasteiger partial charge in [-0.2, -0.15) is 0 Å². The maximum atomic E-state index is 12.3. The van der Waals surface area contributed by atoms with Crippen LogP contribution in [0.3, 0.4) is 0 Å². The van der Waals surface area contributed by atoms with Gasteiger partial charge in [0.05, 0.1) is 0 Å². The van der Waals surface area contributed by atoms with Crippen LogP contribution in [0.25, 0.3) is 0 Å². The van der Waals surface area contributed by atoms with Crippen LogP contribution in [0.4, 0.5) is 14.5 Å². The molecule has 0 atom stereocenters. The van der Waals surface area contributed by atoms with Crippen LogP contribution in [0.1, 0.15) is 24.5 Å². The molecule has 0 radical (unpaired) electrons. The second-order valence-electron chi connectivity index (χ2n) is 2.91. The fraction of sp³-hybridized carbons (Fsp3) is 0.400. The van der Waals surface area contributed by atoms with Gasteiger partial charge in [-0.1, -0.05) is 12.1 Å². The van der Waals surface area contributed by atoms with Crippen LogP contribution in [-0.2, 0) is 0 Å². The Bertz CT molecular complexity index is 284. The van der Waals surface area contributed by atoms with Gasteiger partial charge < -0.3 is 5.32 Å². The molecule has 0 bridgehead atoms. The van der Waals surface area contributed by atoms with Crippen molar-refractivity contribution in [2.45, 2.75) is 20.3 Å². The summed E-state index contributed by atoms with van der Waals surface area (Å²) in [5.41, 5.74) is 1.85. The highest BCUT2D eigenvalue weighted by Gasteiger charge is 2.08. The standard InChI is InChI=1S/C10H13F2N/c1-3-13-9-6-8(10(11)12)5-4-7(9)2/h4-6,10,13H,3H2,1-2H3. The summed E-state index contributed by atoms with van der Waals surface area (Å²) in [6.45, 7) is 4.58. The van der Waals surface area contributed by atoms with Crippen LogP contribution in [-0.4, -0.2) is 6.54 Å². The molecule has 1 aromatic carbocycles. The lowest BCUT2D eigenvalue weighted by Crippen LogP contribution is -1.99. The van der Waals surface area contributed by atoms with E-state index in [0.717, 1.165) is 17.8 Å². The Morgan fingerprint density at radius 2 is 2.08 bits per heavy atom. The lowest BCUT2D eigenvalue weighted by atomic mass is 10.1. The molecule has 0 fully saturated rings. The molecule has 0 aliphatic heterocycles. The first-order valence-electron chi connectivity index (χ1n) is 4.27. The van der Waals surface area contributed by atoms with Gasteiger partial charge in [0.25, 0.3) is 6.43 Å². The molecule has 0 spiro atoms. The van der Waals surface area contributed by atoms with Crippen LogP contribution < -0.4 is 5.32 Å². The van der Waals surface area contributed by atoms with Gasteiger partial charge in [-0.15, -0.1) is 0 Å². The highest BCUT2D eigenvalue weighted by molar-refractivity contribution is 5.52. The topological polar surface area (TPSA) is 12.0 Å². The summed E-state index contributed by atoms with van der Waals surface area (Å²) >= 11 is 0. The molecular formula is C10H13F2N. The van der Waals surface area contributed by atoms with E-state index in [4.69, 9.17) is 0 Å². The number of hydrogen-bond acceptors (Lipinski definition) is 1. The number of nitrogens with one attached hydrogen (secondary N) is 1. The Kier molecular flexibility index (Phi) is 3.23. The Balaban J connectivity index is 2.97. The van der Waals surface area contributed by atoms with Gasteiger partial charge in [0.1, 0.15) is 0 Å². The summed E-state index contributed by atoms with van der Waals surface area (Å²) in [5, 5.41) is 3.04. The lowest BCUT2D eigenvalue weighted by Gasteiger charge is -2.09. The molecule has 0 aromatic heterocycles. The highest BCUT2D eigenvalue weighted by atomic mass is 19.3. The zero-order valence-electron chi connectivity index (χ0n) is 7.77. The summed E-state index contributed by atoms with van der Waals surface area (Å²) in [4.78, 5) is 0. The van der Waals surface area contributed by atoms with E-state index in [-0.39, 0.29) is 5.56 Å². The molecule has 0 aliphatic carbocycles. The first-order valence-corrected chi connectivity index (χ1v) is 4.27. The van der Waals surface area contributed by atoms with Gasteiger partial charge in [0, 0.05) is 17.8 Å². The molecule has 13 heavy (non-hydrogen) atoms. The fourth-order valence-corrected chi connectivity index (χ4v) is 1.16. The smallest absolute Gasteiger partial charge is 0.263 e. The van der Waals surface area contributed by atoms with E-state index < -0.39 is 6.43 Å². The van der Waals surface area contributed by atoms with E-state index in [1.807, 2.05) is 13.8 Å². The van der Waals surface area contributed by atoms with Gasteiger partial charge in [-0.3, -0.25) is 0 Å². The third-order valence-electron chi connectivity index (χ3n) is 1.88. The average Bonchev–Trinajstić information content (AvgIpc) is 2.08. The van der Waals surface area contributed by atoms with Crippen LogP contribution in [0.2, 0.25) is 0 Å². The van der Waals surface area contributed by atoms with Gasteiger partial charge >= 0.3 is 0 Å². The summed E-state index contributed by atoms with van der Waals surface area (Å²) in [7, 11) is 0. The van der Waals surface area contributed by atoms with Crippen LogP contribution in [0.5, 0.6) is 0 Å². The fourth-order valence-electron chi connectivity index (χ4n) is 1.16. The maximum absolute atomic E-state index is 12.3.